The molecule has 0 aliphatic carbocycles. The van der Waals surface area contributed by atoms with E-state index in [1.54, 1.807) is 4.68 Å². The number of tetrazole rings is 1. The molecule has 0 unspecified atom stereocenters. The molecule has 0 radical (unpaired) electrons. The summed E-state index contributed by atoms with van der Waals surface area (Å²) in [4.78, 5) is 12.2. The van der Waals surface area contributed by atoms with Gasteiger partial charge in [-0.2, -0.15) is 4.68 Å². The number of nitrogens with one attached hydrogen (secondary N) is 2. The molecule has 0 bridgehead atoms. The maximum Gasteiger partial charge on any atom is 0.248 e. The number of nitrogens with zero attached hydrogens (tertiary/aromatic N) is 4. The van der Waals surface area contributed by atoms with Gasteiger partial charge in [-0.15, -0.1) is 0 Å². The highest BCUT2D eigenvalue weighted by molar-refractivity contribution is 5.94. The quantitative estimate of drug-likeness (QED) is 0.727. The van der Waals surface area contributed by atoms with Gasteiger partial charge < -0.3 is 10.6 Å². The highest BCUT2D eigenvalue weighted by Gasteiger charge is 2.10. The number of carbonyl (C=O) groups excluding carboxylic acids is 1. The molecule has 3 aromatic rings. The van der Waals surface area contributed by atoms with Crippen molar-refractivity contribution in [2.24, 2.45) is 0 Å². The molecule has 3 rings (SSSR count). The second kappa shape index (κ2) is 7.36. The van der Waals surface area contributed by atoms with E-state index in [4.69, 9.17) is 0 Å². The fraction of sp³-hybridized carbons (Fsp3) is 0.176. The van der Waals surface area contributed by atoms with E-state index in [9.17, 15) is 4.79 Å². The van der Waals surface area contributed by atoms with E-state index in [0.29, 0.717) is 5.95 Å². The smallest absolute Gasteiger partial charge is 0.248 e. The first kappa shape index (κ1) is 15.7. The first-order chi connectivity index (χ1) is 11.8. The Hall–Kier alpha value is -3.22. The normalized spacial score (nSPS) is 10.4. The number of aromatic nitrogens is 4. The summed E-state index contributed by atoms with van der Waals surface area (Å²) >= 11 is 0. The molecule has 0 spiro atoms. The molecule has 7 heteroatoms. The third-order valence-electron chi connectivity index (χ3n) is 3.55. The largest absolute Gasteiger partial charge is 0.344 e. The topological polar surface area (TPSA) is 84.7 Å². The van der Waals surface area contributed by atoms with Crippen LogP contribution < -0.4 is 10.6 Å². The van der Waals surface area contributed by atoms with Crippen molar-refractivity contribution in [2.75, 3.05) is 17.2 Å². The van der Waals surface area contributed by atoms with Crippen molar-refractivity contribution in [3.8, 4) is 5.69 Å². The lowest BCUT2D eigenvalue weighted by Crippen LogP contribution is -2.23. The summed E-state index contributed by atoms with van der Waals surface area (Å²) in [6.45, 7) is 2.13. The Morgan fingerprint density at radius 2 is 1.83 bits per heavy atom. The van der Waals surface area contributed by atoms with Gasteiger partial charge in [-0.3, -0.25) is 4.79 Å². The van der Waals surface area contributed by atoms with Gasteiger partial charge in [0.1, 0.15) is 0 Å². The van der Waals surface area contributed by atoms with Gasteiger partial charge >= 0.3 is 0 Å². The monoisotopic (exact) mass is 322 g/mol. The van der Waals surface area contributed by atoms with E-state index in [2.05, 4.69) is 33.1 Å². The van der Waals surface area contributed by atoms with Crippen LogP contribution in [0.25, 0.3) is 5.69 Å². The van der Waals surface area contributed by atoms with Crippen molar-refractivity contribution in [3.63, 3.8) is 0 Å². The Kier molecular flexibility index (Phi) is 4.81. The zero-order valence-corrected chi connectivity index (χ0v) is 13.3. The van der Waals surface area contributed by atoms with Crippen LogP contribution in [0.2, 0.25) is 0 Å². The first-order valence-corrected chi connectivity index (χ1v) is 7.73. The molecule has 1 aromatic heterocycles. The molecule has 0 saturated carbocycles. The minimum atomic E-state index is -0.154. The number of aryl methyl sites for hydroxylation is 1. The zero-order valence-electron chi connectivity index (χ0n) is 13.3. The predicted molar refractivity (Wildman–Crippen MR) is 92.1 cm³/mol. The van der Waals surface area contributed by atoms with Gasteiger partial charge in [0.2, 0.25) is 11.9 Å². The van der Waals surface area contributed by atoms with Crippen LogP contribution >= 0.6 is 0 Å². The standard InChI is InChI=1S/C17H18N6O/c1-2-13-8-6-7-11-15(13)19-16(24)12-18-17-20-21-22-23(17)14-9-4-3-5-10-14/h3-11H,2,12H2,1H3,(H,19,24)(H,18,20,22). The maximum atomic E-state index is 12.2. The summed E-state index contributed by atoms with van der Waals surface area (Å²) in [6, 6.07) is 17.2. The third-order valence-corrected chi connectivity index (χ3v) is 3.55. The van der Waals surface area contributed by atoms with Gasteiger partial charge in [0.15, 0.2) is 0 Å². The molecule has 0 aliphatic heterocycles. The minimum absolute atomic E-state index is 0.0747. The Bertz CT molecular complexity index is 815. The molecule has 1 amide bonds. The van der Waals surface area contributed by atoms with Gasteiger partial charge in [0.25, 0.3) is 0 Å². The van der Waals surface area contributed by atoms with Gasteiger partial charge in [-0.05, 0) is 40.6 Å². The van der Waals surface area contributed by atoms with Gasteiger partial charge in [0.05, 0.1) is 12.2 Å². The van der Waals surface area contributed by atoms with Crippen LogP contribution in [0.3, 0.4) is 0 Å². The molecule has 7 nitrogen and oxygen atoms in total. The van der Waals surface area contributed by atoms with E-state index in [0.717, 1.165) is 23.4 Å². The van der Waals surface area contributed by atoms with Crippen LogP contribution in [0.1, 0.15) is 12.5 Å². The van der Waals surface area contributed by atoms with Crippen LogP contribution in [-0.4, -0.2) is 32.7 Å². The van der Waals surface area contributed by atoms with Crippen molar-refractivity contribution < 1.29 is 4.79 Å². The lowest BCUT2D eigenvalue weighted by Gasteiger charge is -2.10. The van der Waals surface area contributed by atoms with E-state index in [-0.39, 0.29) is 12.5 Å². The number of para-hydroxylation sites is 2. The van der Waals surface area contributed by atoms with Crippen LogP contribution in [0.5, 0.6) is 0 Å². The average Bonchev–Trinajstić information content (AvgIpc) is 3.10. The van der Waals surface area contributed by atoms with Crippen molar-refractivity contribution in [1.29, 1.82) is 0 Å². The summed E-state index contributed by atoms with van der Waals surface area (Å²) in [7, 11) is 0. The summed E-state index contributed by atoms with van der Waals surface area (Å²) in [6.07, 6.45) is 0.857. The summed E-state index contributed by atoms with van der Waals surface area (Å²) in [5, 5.41) is 17.4. The molecule has 122 valence electrons. The van der Waals surface area contributed by atoms with Crippen molar-refractivity contribution in [2.45, 2.75) is 13.3 Å². The molecule has 1 heterocycles. The molecule has 2 aromatic carbocycles. The molecule has 24 heavy (non-hydrogen) atoms. The lowest BCUT2D eigenvalue weighted by atomic mass is 10.1. The fourth-order valence-electron chi connectivity index (χ4n) is 2.34. The second-order valence-corrected chi connectivity index (χ2v) is 5.16. The van der Waals surface area contributed by atoms with E-state index in [1.165, 1.54) is 0 Å². The SMILES string of the molecule is CCc1ccccc1NC(=O)CNc1nnnn1-c1ccccc1. The zero-order chi connectivity index (χ0) is 16.8. The number of anilines is 2. The van der Waals surface area contributed by atoms with E-state index >= 15 is 0 Å². The van der Waals surface area contributed by atoms with Crippen LogP contribution in [0, 0.1) is 0 Å². The molecular weight excluding hydrogens is 304 g/mol. The fourth-order valence-corrected chi connectivity index (χ4v) is 2.34. The second-order valence-electron chi connectivity index (χ2n) is 5.16. The minimum Gasteiger partial charge on any atom is -0.344 e. The Balaban J connectivity index is 1.64. The summed E-state index contributed by atoms with van der Waals surface area (Å²) < 4.78 is 1.55. The van der Waals surface area contributed by atoms with Crippen LogP contribution in [0.15, 0.2) is 54.6 Å². The molecule has 0 atom stereocenters. The van der Waals surface area contributed by atoms with E-state index in [1.807, 2.05) is 54.6 Å². The average molecular weight is 322 g/mol. The Morgan fingerprint density at radius 1 is 1.08 bits per heavy atom. The number of benzene rings is 2. The number of carbonyl (C=O) groups is 1. The lowest BCUT2D eigenvalue weighted by molar-refractivity contribution is -0.114. The van der Waals surface area contributed by atoms with Gasteiger partial charge in [-0.25, -0.2) is 0 Å². The molecular formula is C17H18N6O. The van der Waals surface area contributed by atoms with Crippen molar-refractivity contribution in [3.05, 3.63) is 60.2 Å². The predicted octanol–water partition coefficient (Wildman–Crippen LogP) is 2.28. The van der Waals surface area contributed by atoms with Gasteiger partial charge in [0, 0.05) is 5.69 Å². The van der Waals surface area contributed by atoms with Crippen molar-refractivity contribution in [1.82, 2.24) is 20.2 Å². The number of rotatable bonds is 6. The van der Waals surface area contributed by atoms with E-state index < -0.39 is 0 Å². The Labute approximate surface area is 139 Å². The maximum absolute atomic E-state index is 12.2. The number of hydrogen-bond donors (Lipinski definition) is 2. The first-order valence-electron chi connectivity index (χ1n) is 7.73. The molecule has 0 saturated heterocycles. The molecule has 2 N–H and O–H groups in total. The molecule has 0 fully saturated rings. The third kappa shape index (κ3) is 3.57. The highest BCUT2D eigenvalue weighted by Crippen LogP contribution is 2.15. The number of hydrogen-bond acceptors (Lipinski definition) is 5. The Morgan fingerprint density at radius 3 is 2.62 bits per heavy atom. The van der Waals surface area contributed by atoms with Crippen molar-refractivity contribution >= 4 is 17.5 Å². The summed E-state index contributed by atoms with van der Waals surface area (Å²) in [5.74, 6) is 0.263. The van der Waals surface area contributed by atoms with Gasteiger partial charge in [-0.1, -0.05) is 48.4 Å². The molecule has 0 aliphatic rings. The van der Waals surface area contributed by atoms with Crippen LogP contribution in [0.4, 0.5) is 11.6 Å². The number of amides is 1. The van der Waals surface area contributed by atoms with Crippen LogP contribution in [-0.2, 0) is 11.2 Å². The highest BCUT2D eigenvalue weighted by atomic mass is 16.1. The summed E-state index contributed by atoms with van der Waals surface area (Å²) in [5.41, 5.74) is 2.75.